The molecule has 0 aliphatic rings. The summed E-state index contributed by atoms with van der Waals surface area (Å²) in [6.07, 6.45) is 0. The molecule has 0 spiro atoms. The van der Waals surface area contributed by atoms with Crippen molar-refractivity contribution in [3.63, 3.8) is 0 Å². The highest BCUT2D eigenvalue weighted by Crippen LogP contribution is 2.18. The molecule has 0 aliphatic heterocycles. The van der Waals surface area contributed by atoms with E-state index in [0.29, 0.717) is 16.1 Å². The van der Waals surface area contributed by atoms with Crippen molar-refractivity contribution in [2.24, 2.45) is 0 Å². The summed E-state index contributed by atoms with van der Waals surface area (Å²) in [6, 6.07) is 12.9. The zero-order valence-corrected chi connectivity index (χ0v) is 10.6. The van der Waals surface area contributed by atoms with Crippen LogP contribution >= 0.6 is 11.6 Å². The summed E-state index contributed by atoms with van der Waals surface area (Å²) in [5, 5.41) is 0.686. The van der Waals surface area contributed by atoms with Crippen molar-refractivity contribution < 1.29 is 4.79 Å². The van der Waals surface area contributed by atoms with Crippen molar-refractivity contribution in [2.45, 2.75) is 13.8 Å². The molecule has 2 aromatic rings. The lowest BCUT2D eigenvalue weighted by molar-refractivity contribution is 0.103. The van der Waals surface area contributed by atoms with E-state index in [1.807, 2.05) is 44.2 Å². The van der Waals surface area contributed by atoms with E-state index in [1.54, 1.807) is 12.1 Å². The summed E-state index contributed by atoms with van der Waals surface area (Å²) < 4.78 is 0. The molecular weight excluding hydrogens is 232 g/mol. The van der Waals surface area contributed by atoms with Gasteiger partial charge in [0.2, 0.25) is 0 Å². The summed E-state index contributed by atoms with van der Waals surface area (Å²) in [6.45, 7) is 3.90. The molecule has 2 rings (SSSR count). The van der Waals surface area contributed by atoms with Gasteiger partial charge < -0.3 is 0 Å². The Morgan fingerprint density at radius 2 is 1.53 bits per heavy atom. The minimum absolute atomic E-state index is 0.0322. The summed E-state index contributed by atoms with van der Waals surface area (Å²) in [5.41, 5.74) is 3.45. The molecule has 0 saturated carbocycles. The van der Waals surface area contributed by atoms with Crippen LogP contribution in [0.3, 0.4) is 0 Å². The number of hydrogen-bond acceptors (Lipinski definition) is 1. The maximum atomic E-state index is 12.2. The standard InChI is InChI=1S/C15H13ClO/c1-10-3-5-12(6-4-10)15(17)13-7-8-14(16)11(2)9-13/h3-9H,1-2H3. The van der Waals surface area contributed by atoms with E-state index in [1.165, 1.54) is 0 Å². The number of carbonyl (C=O) groups excluding carboxylic acids is 1. The average Bonchev–Trinajstić information content (AvgIpc) is 2.33. The molecule has 0 aliphatic carbocycles. The molecule has 0 heterocycles. The third kappa shape index (κ3) is 2.56. The monoisotopic (exact) mass is 244 g/mol. The van der Waals surface area contributed by atoms with Crippen molar-refractivity contribution in [1.82, 2.24) is 0 Å². The van der Waals surface area contributed by atoms with Crippen LogP contribution in [-0.2, 0) is 0 Å². The van der Waals surface area contributed by atoms with Crippen molar-refractivity contribution >= 4 is 17.4 Å². The van der Waals surface area contributed by atoms with Gasteiger partial charge in [0.05, 0.1) is 0 Å². The maximum absolute atomic E-state index is 12.2. The van der Waals surface area contributed by atoms with Gasteiger partial charge in [-0.1, -0.05) is 41.4 Å². The van der Waals surface area contributed by atoms with Crippen LogP contribution in [0.5, 0.6) is 0 Å². The molecule has 2 heteroatoms. The second-order valence-electron chi connectivity index (χ2n) is 4.16. The van der Waals surface area contributed by atoms with Gasteiger partial charge in [-0.3, -0.25) is 4.79 Å². The molecule has 0 fully saturated rings. The summed E-state index contributed by atoms with van der Waals surface area (Å²) in [5.74, 6) is 0.0322. The fraction of sp³-hybridized carbons (Fsp3) is 0.133. The first-order valence-electron chi connectivity index (χ1n) is 5.45. The number of carbonyl (C=O) groups is 1. The number of ketones is 1. The normalized spacial score (nSPS) is 10.3. The zero-order valence-electron chi connectivity index (χ0n) is 9.83. The number of aryl methyl sites for hydroxylation is 2. The van der Waals surface area contributed by atoms with Gasteiger partial charge in [-0.25, -0.2) is 0 Å². The Labute approximate surface area is 106 Å². The minimum atomic E-state index is 0.0322. The van der Waals surface area contributed by atoms with Gasteiger partial charge in [0.15, 0.2) is 5.78 Å². The number of halogens is 1. The molecule has 0 atom stereocenters. The topological polar surface area (TPSA) is 17.1 Å². The van der Waals surface area contributed by atoms with Crippen molar-refractivity contribution in [2.75, 3.05) is 0 Å². The highest BCUT2D eigenvalue weighted by atomic mass is 35.5. The van der Waals surface area contributed by atoms with E-state index in [9.17, 15) is 4.79 Å². The summed E-state index contributed by atoms with van der Waals surface area (Å²) in [4.78, 5) is 12.2. The van der Waals surface area contributed by atoms with Crippen LogP contribution in [-0.4, -0.2) is 5.78 Å². The first-order valence-corrected chi connectivity index (χ1v) is 5.83. The van der Waals surface area contributed by atoms with Gasteiger partial charge in [-0.05, 0) is 37.6 Å². The fourth-order valence-electron chi connectivity index (χ4n) is 1.66. The van der Waals surface area contributed by atoms with E-state index in [-0.39, 0.29) is 5.78 Å². The lowest BCUT2D eigenvalue weighted by Crippen LogP contribution is -2.01. The van der Waals surface area contributed by atoms with E-state index < -0.39 is 0 Å². The van der Waals surface area contributed by atoms with Crippen LogP contribution in [0.25, 0.3) is 0 Å². The van der Waals surface area contributed by atoms with Crippen LogP contribution < -0.4 is 0 Å². The Bertz CT molecular complexity index is 556. The highest BCUT2D eigenvalue weighted by Gasteiger charge is 2.09. The van der Waals surface area contributed by atoms with E-state index in [2.05, 4.69) is 0 Å². The molecule has 1 nitrogen and oxygen atoms in total. The van der Waals surface area contributed by atoms with Crippen LogP contribution in [0.15, 0.2) is 42.5 Å². The Morgan fingerprint density at radius 1 is 0.941 bits per heavy atom. The van der Waals surface area contributed by atoms with Crippen molar-refractivity contribution in [3.8, 4) is 0 Å². The Balaban J connectivity index is 2.37. The minimum Gasteiger partial charge on any atom is -0.289 e. The van der Waals surface area contributed by atoms with E-state index in [0.717, 1.165) is 11.1 Å². The molecular formula is C15H13ClO. The second kappa shape index (κ2) is 4.72. The van der Waals surface area contributed by atoms with Gasteiger partial charge in [-0.15, -0.1) is 0 Å². The van der Waals surface area contributed by atoms with Crippen LogP contribution in [0.2, 0.25) is 5.02 Å². The molecule has 0 amide bonds. The molecule has 17 heavy (non-hydrogen) atoms. The Hall–Kier alpha value is -1.60. The molecule has 0 N–H and O–H groups in total. The van der Waals surface area contributed by atoms with Gasteiger partial charge in [0, 0.05) is 16.1 Å². The molecule has 86 valence electrons. The third-order valence-electron chi connectivity index (χ3n) is 2.73. The smallest absolute Gasteiger partial charge is 0.193 e. The molecule has 0 unspecified atom stereocenters. The zero-order chi connectivity index (χ0) is 12.4. The van der Waals surface area contributed by atoms with Crippen molar-refractivity contribution in [3.05, 3.63) is 69.7 Å². The highest BCUT2D eigenvalue weighted by molar-refractivity contribution is 6.31. The second-order valence-corrected chi connectivity index (χ2v) is 4.57. The first kappa shape index (κ1) is 11.9. The van der Waals surface area contributed by atoms with Gasteiger partial charge in [0.1, 0.15) is 0 Å². The van der Waals surface area contributed by atoms with Gasteiger partial charge >= 0.3 is 0 Å². The van der Waals surface area contributed by atoms with Crippen LogP contribution in [0.4, 0.5) is 0 Å². The van der Waals surface area contributed by atoms with Gasteiger partial charge in [-0.2, -0.15) is 0 Å². The molecule has 0 aromatic heterocycles. The van der Waals surface area contributed by atoms with Gasteiger partial charge in [0.25, 0.3) is 0 Å². The van der Waals surface area contributed by atoms with Crippen molar-refractivity contribution in [1.29, 1.82) is 0 Å². The fourth-order valence-corrected chi connectivity index (χ4v) is 1.78. The molecule has 2 aromatic carbocycles. The lowest BCUT2D eigenvalue weighted by atomic mass is 10.0. The molecule has 0 bridgehead atoms. The van der Waals surface area contributed by atoms with E-state index in [4.69, 9.17) is 11.6 Å². The lowest BCUT2D eigenvalue weighted by Gasteiger charge is -2.04. The predicted octanol–water partition coefficient (Wildman–Crippen LogP) is 4.19. The van der Waals surface area contributed by atoms with E-state index >= 15 is 0 Å². The van der Waals surface area contributed by atoms with Crippen LogP contribution in [0, 0.1) is 13.8 Å². The number of benzene rings is 2. The van der Waals surface area contributed by atoms with Crippen LogP contribution in [0.1, 0.15) is 27.0 Å². The Kier molecular flexibility index (Phi) is 3.30. The Morgan fingerprint density at radius 3 is 2.12 bits per heavy atom. The molecule has 0 saturated heterocycles. The average molecular weight is 245 g/mol. The predicted molar refractivity (Wildman–Crippen MR) is 70.8 cm³/mol. The number of hydrogen-bond donors (Lipinski definition) is 0. The first-order chi connectivity index (χ1) is 8.08. The summed E-state index contributed by atoms with van der Waals surface area (Å²) in [7, 11) is 0. The quantitative estimate of drug-likeness (QED) is 0.724. The SMILES string of the molecule is Cc1ccc(C(=O)c2ccc(Cl)c(C)c2)cc1. The number of rotatable bonds is 2. The maximum Gasteiger partial charge on any atom is 0.193 e. The largest absolute Gasteiger partial charge is 0.289 e. The summed E-state index contributed by atoms with van der Waals surface area (Å²) >= 11 is 5.94. The molecule has 0 radical (unpaired) electrons. The third-order valence-corrected chi connectivity index (χ3v) is 3.16.